The topological polar surface area (TPSA) is 113 Å². The highest BCUT2D eigenvalue weighted by molar-refractivity contribution is 6.32. The van der Waals surface area contributed by atoms with E-state index in [9.17, 15) is 9.59 Å². The van der Waals surface area contributed by atoms with Gasteiger partial charge in [0.2, 0.25) is 5.85 Å². The molecule has 22 heavy (non-hydrogen) atoms. The van der Waals surface area contributed by atoms with Gasteiger partial charge in [0, 0.05) is 31.4 Å². The Labute approximate surface area is 131 Å². The van der Waals surface area contributed by atoms with Gasteiger partial charge in [-0.05, 0) is 12.1 Å². The Balaban J connectivity index is 2.01. The van der Waals surface area contributed by atoms with Gasteiger partial charge in [-0.3, -0.25) is 10.6 Å². The molecular formula is C13H15ClN4O4. The Morgan fingerprint density at radius 2 is 2.18 bits per heavy atom. The number of carbonyl (C=O) groups excluding carboxylic acids is 1. The summed E-state index contributed by atoms with van der Waals surface area (Å²) in [6.07, 6.45) is 3.14. The molecule has 2 rings (SSSR count). The number of nitrogens with zero attached hydrogens (tertiary/aromatic N) is 1. The van der Waals surface area contributed by atoms with Crippen LogP contribution < -0.4 is 16.0 Å². The van der Waals surface area contributed by atoms with Gasteiger partial charge in [0.1, 0.15) is 5.82 Å². The molecule has 1 aromatic rings. The lowest BCUT2D eigenvalue weighted by molar-refractivity contribution is -0.156. The lowest BCUT2D eigenvalue weighted by Gasteiger charge is -2.29. The van der Waals surface area contributed by atoms with E-state index < -0.39 is 17.8 Å². The third kappa shape index (κ3) is 4.42. The van der Waals surface area contributed by atoms with Crippen LogP contribution in [0.3, 0.4) is 0 Å². The molecule has 1 aliphatic heterocycles. The summed E-state index contributed by atoms with van der Waals surface area (Å²) in [6.45, 7) is 1.34. The van der Waals surface area contributed by atoms with Crippen LogP contribution in [0.15, 0.2) is 30.5 Å². The molecule has 1 fully saturated rings. The molecule has 0 saturated carbocycles. The Bertz CT molecular complexity index is 587. The number of nitrogens with one attached hydrogen (secondary N) is 3. The average Bonchev–Trinajstić information content (AvgIpc) is 2.93. The maximum atomic E-state index is 11.7. The van der Waals surface area contributed by atoms with E-state index in [2.05, 4.69) is 20.9 Å². The molecule has 1 saturated heterocycles. The highest BCUT2D eigenvalue weighted by Gasteiger charge is 2.36. The molecule has 8 nitrogen and oxygen atoms in total. The summed E-state index contributed by atoms with van der Waals surface area (Å²) in [5, 5.41) is 17.9. The zero-order valence-electron chi connectivity index (χ0n) is 11.5. The van der Waals surface area contributed by atoms with Crippen LogP contribution in [0.5, 0.6) is 0 Å². The summed E-state index contributed by atoms with van der Waals surface area (Å²) in [5.41, 5.74) is 0. The number of carboxylic acid groups (broad SMARTS) is 1. The first-order chi connectivity index (χ1) is 10.5. The van der Waals surface area contributed by atoms with E-state index in [4.69, 9.17) is 21.4 Å². The molecule has 9 heteroatoms. The summed E-state index contributed by atoms with van der Waals surface area (Å²) >= 11 is 6.00. The minimum Gasteiger partial charge on any atom is -0.478 e. The fourth-order valence-corrected chi connectivity index (χ4v) is 2.08. The van der Waals surface area contributed by atoms with Gasteiger partial charge in [0.15, 0.2) is 0 Å². The first-order valence-corrected chi connectivity index (χ1v) is 6.87. The number of rotatable bonds is 6. The van der Waals surface area contributed by atoms with Gasteiger partial charge in [0.25, 0.3) is 0 Å². The van der Waals surface area contributed by atoms with Crippen molar-refractivity contribution in [3.63, 3.8) is 0 Å². The van der Waals surface area contributed by atoms with E-state index in [0.29, 0.717) is 30.0 Å². The molecule has 4 N–H and O–H groups in total. The molecule has 0 radical (unpaired) electrons. The molecule has 2 heterocycles. The highest BCUT2D eigenvalue weighted by atomic mass is 35.5. The van der Waals surface area contributed by atoms with E-state index >= 15 is 0 Å². The lowest BCUT2D eigenvalue weighted by atomic mass is 10.3. The summed E-state index contributed by atoms with van der Waals surface area (Å²) in [7, 11) is 0. The molecule has 0 aromatic carbocycles. The maximum absolute atomic E-state index is 11.7. The van der Waals surface area contributed by atoms with Gasteiger partial charge in [0.05, 0.1) is 11.6 Å². The monoisotopic (exact) mass is 326 g/mol. The number of halogens is 1. The number of aromatic nitrogens is 1. The maximum Gasteiger partial charge on any atom is 0.333 e. The van der Waals surface area contributed by atoms with Gasteiger partial charge < -0.3 is 15.2 Å². The van der Waals surface area contributed by atoms with Crippen molar-refractivity contribution < 1.29 is 19.4 Å². The highest BCUT2D eigenvalue weighted by Crippen LogP contribution is 2.19. The van der Waals surface area contributed by atoms with Crippen molar-refractivity contribution >= 4 is 29.4 Å². The second-order valence-electron chi connectivity index (χ2n) is 4.46. The molecule has 0 aliphatic carbocycles. The number of anilines is 1. The molecular weight excluding hydrogens is 312 g/mol. The molecule has 0 unspecified atom stereocenters. The van der Waals surface area contributed by atoms with Crippen molar-refractivity contribution in [2.45, 2.75) is 5.85 Å². The van der Waals surface area contributed by atoms with Crippen molar-refractivity contribution in [3.05, 3.63) is 35.5 Å². The minimum absolute atomic E-state index is 0.163. The van der Waals surface area contributed by atoms with Crippen LogP contribution in [0.4, 0.5) is 5.82 Å². The summed E-state index contributed by atoms with van der Waals surface area (Å²) in [5.74, 6) is -2.70. The Morgan fingerprint density at radius 1 is 1.45 bits per heavy atom. The first kappa shape index (κ1) is 16.2. The largest absolute Gasteiger partial charge is 0.478 e. The van der Waals surface area contributed by atoms with Crippen LogP contribution in [-0.2, 0) is 14.3 Å². The van der Waals surface area contributed by atoms with Gasteiger partial charge in [-0.15, -0.1) is 0 Å². The number of esters is 1. The molecule has 0 atom stereocenters. The zero-order valence-corrected chi connectivity index (χ0v) is 12.3. The Morgan fingerprint density at radius 3 is 2.82 bits per heavy atom. The number of ether oxygens (including phenoxy) is 1. The van der Waals surface area contributed by atoms with Crippen LogP contribution in [0.2, 0.25) is 5.02 Å². The average molecular weight is 327 g/mol. The van der Waals surface area contributed by atoms with E-state index in [0.717, 1.165) is 6.08 Å². The van der Waals surface area contributed by atoms with Crippen molar-refractivity contribution in [2.75, 3.05) is 25.0 Å². The van der Waals surface area contributed by atoms with Crippen LogP contribution in [0.1, 0.15) is 0 Å². The number of pyridine rings is 1. The normalized spacial score (nSPS) is 16.6. The van der Waals surface area contributed by atoms with Gasteiger partial charge in [-0.2, -0.15) is 0 Å². The van der Waals surface area contributed by atoms with E-state index in [1.54, 1.807) is 18.3 Å². The van der Waals surface area contributed by atoms with Crippen molar-refractivity contribution in [1.29, 1.82) is 0 Å². The van der Waals surface area contributed by atoms with Crippen molar-refractivity contribution in [1.82, 2.24) is 15.6 Å². The van der Waals surface area contributed by atoms with Gasteiger partial charge in [-0.25, -0.2) is 14.6 Å². The number of carboxylic acids is 1. The molecule has 0 bridgehead atoms. The predicted octanol–water partition coefficient (Wildman–Crippen LogP) is 0.177. The SMILES string of the molecule is O=C(O)/C=C\C(=O)OC1(CNc2ncccc2Cl)NCCN1. The molecule has 0 amide bonds. The number of hydrogen-bond acceptors (Lipinski definition) is 7. The molecule has 1 aliphatic rings. The van der Waals surface area contributed by atoms with E-state index in [1.807, 2.05) is 0 Å². The molecule has 1 aromatic heterocycles. The number of hydrogen-bond donors (Lipinski definition) is 4. The summed E-state index contributed by atoms with van der Waals surface area (Å²) in [6, 6.07) is 3.38. The van der Waals surface area contributed by atoms with Crippen LogP contribution in [0.25, 0.3) is 0 Å². The predicted molar refractivity (Wildman–Crippen MR) is 79.3 cm³/mol. The quantitative estimate of drug-likeness (QED) is 0.432. The van der Waals surface area contributed by atoms with Crippen molar-refractivity contribution in [2.24, 2.45) is 0 Å². The van der Waals surface area contributed by atoms with Crippen molar-refractivity contribution in [3.8, 4) is 0 Å². The number of aliphatic carboxylic acids is 1. The third-order valence-electron chi connectivity index (χ3n) is 2.85. The minimum atomic E-state index is -1.23. The molecule has 118 valence electrons. The van der Waals surface area contributed by atoms with Gasteiger partial charge in [-0.1, -0.05) is 11.6 Å². The van der Waals surface area contributed by atoms with Crippen LogP contribution in [0, 0.1) is 0 Å². The smallest absolute Gasteiger partial charge is 0.333 e. The summed E-state index contributed by atoms with van der Waals surface area (Å²) in [4.78, 5) is 26.2. The standard InChI is InChI=1S/C13H15ClN4O4/c14-9-2-1-5-15-12(9)16-8-13(17-6-7-18-13)22-11(21)4-3-10(19)20/h1-5,17-18H,6-8H2,(H,15,16)(H,19,20)/b4-3-. The van der Waals surface area contributed by atoms with Crippen LogP contribution >= 0.6 is 11.6 Å². The second kappa shape index (κ2) is 7.21. The fraction of sp³-hybridized carbons (Fsp3) is 0.308. The van der Waals surface area contributed by atoms with E-state index in [-0.39, 0.29) is 6.54 Å². The van der Waals surface area contributed by atoms with E-state index in [1.165, 1.54) is 0 Å². The lowest BCUT2D eigenvalue weighted by Crippen LogP contribution is -2.57. The first-order valence-electron chi connectivity index (χ1n) is 6.49. The Kier molecular flexibility index (Phi) is 5.31. The molecule has 0 spiro atoms. The summed E-state index contributed by atoms with van der Waals surface area (Å²) < 4.78 is 5.27. The third-order valence-corrected chi connectivity index (χ3v) is 3.15. The Hall–Kier alpha value is -2.16. The zero-order chi connectivity index (χ0) is 16.0. The van der Waals surface area contributed by atoms with Gasteiger partial charge >= 0.3 is 11.9 Å². The number of carbonyl (C=O) groups is 2. The van der Waals surface area contributed by atoms with Crippen LogP contribution in [-0.4, -0.2) is 47.5 Å². The second-order valence-corrected chi connectivity index (χ2v) is 4.87. The fourth-order valence-electron chi connectivity index (χ4n) is 1.89.